The van der Waals surface area contributed by atoms with Gasteiger partial charge in [-0.25, -0.2) is 4.99 Å². The van der Waals surface area contributed by atoms with Crippen LogP contribution in [0.5, 0.6) is 0 Å². The van der Waals surface area contributed by atoms with Crippen molar-refractivity contribution in [2.75, 3.05) is 13.1 Å². The van der Waals surface area contributed by atoms with E-state index in [0.717, 1.165) is 30.8 Å². The average Bonchev–Trinajstić information content (AvgIpc) is 3.32. The van der Waals surface area contributed by atoms with Crippen molar-refractivity contribution >= 4 is 35.3 Å². The fourth-order valence-electron chi connectivity index (χ4n) is 3.31. The van der Waals surface area contributed by atoms with Crippen molar-refractivity contribution in [2.45, 2.75) is 32.7 Å². The number of hydrogen-bond donors (Lipinski definition) is 1. The minimum Gasteiger partial charge on any atom is -0.442 e. The summed E-state index contributed by atoms with van der Waals surface area (Å²) in [6.45, 7) is 5.43. The van der Waals surface area contributed by atoms with E-state index in [4.69, 9.17) is 4.42 Å². The monoisotopic (exact) mass is 356 g/mol. The van der Waals surface area contributed by atoms with Gasteiger partial charge in [0.25, 0.3) is 5.91 Å². The Balaban J connectivity index is 1.67. The van der Waals surface area contributed by atoms with Crippen LogP contribution in [0.1, 0.15) is 52.4 Å². The van der Waals surface area contributed by atoms with E-state index in [1.807, 2.05) is 23.3 Å². The Morgan fingerprint density at radius 2 is 2.40 bits per heavy atom. The van der Waals surface area contributed by atoms with Crippen LogP contribution in [0.15, 0.2) is 31.9 Å². The third kappa shape index (κ3) is 2.78. The number of amides is 1. The molecule has 0 saturated heterocycles. The van der Waals surface area contributed by atoms with Crippen LogP contribution in [0.3, 0.4) is 0 Å². The van der Waals surface area contributed by atoms with E-state index >= 15 is 0 Å². The van der Waals surface area contributed by atoms with E-state index in [1.54, 1.807) is 17.7 Å². The Hall–Kier alpha value is -2.41. The maximum Gasteiger partial charge on any atom is 0.256 e. The number of carbonyl (C=O) groups excluding carboxylic acids is 1. The van der Waals surface area contributed by atoms with Gasteiger partial charge >= 0.3 is 0 Å². The standard InChI is InChI=1S/C18H20N4O2S/c1-3-5-12(13-6-4-9-25-13)21-17(23)14-11(2)24-18-15(14)16-19-7-8-22(16)10-20-18/h4,6,9-10,12H,3,5,7-8H2,1-2H3,(H,21,23)/t12-/m1/s1. The van der Waals surface area contributed by atoms with Gasteiger partial charge in [0.2, 0.25) is 5.88 Å². The summed E-state index contributed by atoms with van der Waals surface area (Å²) in [5.74, 6) is 1.72. The Kier molecular flexibility index (Phi) is 4.17. The van der Waals surface area contributed by atoms with Crippen LogP contribution >= 0.6 is 11.3 Å². The first-order valence-corrected chi connectivity index (χ1v) is 9.40. The van der Waals surface area contributed by atoms with Gasteiger partial charge in [0.15, 0.2) is 0 Å². The molecule has 2 aromatic rings. The number of aryl methyl sites for hydroxylation is 1. The summed E-state index contributed by atoms with van der Waals surface area (Å²) in [4.78, 5) is 25.1. The van der Waals surface area contributed by atoms with E-state index in [-0.39, 0.29) is 11.9 Å². The maximum absolute atomic E-state index is 13.1. The van der Waals surface area contributed by atoms with Gasteiger partial charge in [-0.1, -0.05) is 19.4 Å². The molecule has 0 spiro atoms. The van der Waals surface area contributed by atoms with Crippen LogP contribution in [0.4, 0.5) is 5.88 Å². The summed E-state index contributed by atoms with van der Waals surface area (Å²) >= 11 is 1.67. The zero-order valence-electron chi connectivity index (χ0n) is 14.3. The van der Waals surface area contributed by atoms with Crippen molar-refractivity contribution in [3.05, 3.63) is 39.3 Å². The highest BCUT2D eigenvalue weighted by Crippen LogP contribution is 2.35. The molecule has 1 atom stereocenters. The molecule has 2 aliphatic heterocycles. The van der Waals surface area contributed by atoms with Gasteiger partial charge in [-0.3, -0.25) is 9.79 Å². The second kappa shape index (κ2) is 6.48. The number of fused-ring (bicyclic) bond motifs is 3. The smallest absolute Gasteiger partial charge is 0.256 e. The number of nitrogens with zero attached hydrogens (tertiary/aromatic N) is 3. The average molecular weight is 356 g/mol. The molecule has 25 heavy (non-hydrogen) atoms. The van der Waals surface area contributed by atoms with Crippen molar-refractivity contribution in [3.8, 4) is 0 Å². The first kappa shape index (κ1) is 16.1. The molecular weight excluding hydrogens is 336 g/mol. The first-order valence-electron chi connectivity index (χ1n) is 8.52. The van der Waals surface area contributed by atoms with Crippen LogP contribution in [-0.4, -0.2) is 36.1 Å². The summed E-state index contributed by atoms with van der Waals surface area (Å²) in [6.07, 6.45) is 3.62. The van der Waals surface area contributed by atoms with Crippen molar-refractivity contribution in [1.29, 1.82) is 0 Å². The van der Waals surface area contributed by atoms with Crippen molar-refractivity contribution < 1.29 is 9.21 Å². The van der Waals surface area contributed by atoms with Gasteiger partial charge in [-0.15, -0.1) is 11.3 Å². The minimum atomic E-state index is -0.124. The summed E-state index contributed by atoms with van der Waals surface area (Å²) in [6, 6.07) is 4.09. The van der Waals surface area contributed by atoms with Crippen LogP contribution in [0.25, 0.3) is 0 Å². The van der Waals surface area contributed by atoms with Gasteiger partial charge in [-0.05, 0) is 24.8 Å². The fraction of sp³-hybridized carbons (Fsp3) is 0.389. The molecule has 4 heterocycles. The number of thiophene rings is 1. The Bertz CT molecular complexity index is 851. The molecule has 0 aliphatic carbocycles. The lowest BCUT2D eigenvalue weighted by molar-refractivity contribution is 0.0933. The molecule has 2 aromatic heterocycles. The van der Waals surface area contributed by atoms with Crippen molar-refractivity contribution in [2.24, 2.45) is 9.98 Å². The molecule has 0 saturated carbocycles. The summed E-state index contributed by atoms with van der Waals surface area (Å²) in [5.41, 5.74) is 1.27. The molecule has 4 rings (SSSR count). The highest BCUT2D eigenvalue weighted by Gasteiger charge is 2.34. The SMILES string of the molecule is CCC[C@@H](NC(=O)c1c(C)oc2c1C1=NCCN1C=N2)c1cccs1. The van der Waals surface area contributed by atoms with Crippen LogP contribution in [0, 0.1) is 6.92 Å². The third-order valence-electron chi connectivity index (χ3n) is 4.47. The van der Waals surface area contributed by atoms with Crippen molar-refractivity contribution in [1.82, 2.24) is 10.2 Å². The second-order valence-electron chi connectivity index (χ2n) is 6.19. The predicted octanol–water partition coefficient (Wildman–Crippen LogP) is 3.66. The minimum absolute atomic E-state index is 0.0103. The third-order valence-corrected chi connectivity index (χ3v) is 5.46. The topological polar surface area (TPSA) is 70.2 Å². The molecule has 2 aliphatic rings. The van der Waals surface area contributed by atoms with E-state index in [2.05, 4.69) is 28.3 Å². The number of furan rings is 1. The molecule has 1 amide bonds. The van der Waals surface area contributed by atoms with Gasteiger partial charge in [0, 0.05) is 11.4 Å². The molecule has 7 heteroatoms. The number of aliphatic imine (C=N–C) groups is 2. The Morgan fingerprint density at radius 1 is 1.52 bits per heavy atom. The van der Waals surface area contributed by atoms with Crippen LogP contribution < -0.4 is 5.32 Å². The number of rotatable bonds is 5. The normalized spacial score (nSPS) is 16.4. The van der Waals surface area contributed by atoms with Crippen molar-refractivity contribution in [3.63, 3.8) is 0 Å². The quantitative estimate of drug-likeness (QED) is 0.889. The molecule has 0 bridgehead atoms. The molecule has 6 nitrogen and oxygen atoms in total. The highest BCUT2D eigenvalue weighted by atomic mass is 32.1. The summed E-state index contributed by atoms with van der Waals surface area (Å²) in [5, 5.41) is 5.22. The summed E-state index contributed by atoms with van der Waals surface area (Å²) < 4.78 is 5.74. The zero-order chi connectivity index (χ0) is 17.4. The number of amidine groups is 1. The lowest BCUT2D eigenvalue weighted by Gasteiger charge is -2.20. The van der Waals surface area contributed by atoms with E-state index < -0.39 is 0 Å². The second-order valence-corrected chi connectivity index (χ2v) is 7.17. The van der Waals surface area contributed by atoms with Gasteiger partial charge in [0.05, 0.1) is 23.7 Å². The Labute approximate surface area is 150 Å². The van der Waals surface area contributed by atoms with Gasteiger partial charge in [0.1, 0.15) is 17.9 Å². The molecule has 0 fully saturated rings. The lowest BCUT2D eigenvalue weighted by Crippen LogP contribution is -2.33. The molecule has 0 aromatic carbocycles. The lowest BCUT2D eigenvalue weighted by atomic mass is 10.1. The van der Waals surface area contributed by atoms with Crippen LogP contribution in [0.2, 0.25) is 0 Å². The molecule has 0 radical (unpaired) electrons. The first-order chi connectivity index (χ1) is 12.2. The van der Waals surface area contributed by atoms with E-state index in [0.29, 0.717) is 23.8 Å². The largest absolute Gasteiger partial charge is 0.442 e. The fourth-order valence-corrected chi connectivity index (χ4v) is 4.13. The predicted molar refractivity (Wildman–Crippen MR) is 99.1 cm³/mol. The summed E-state index contributed by atoms with van der Waals surface area (Å²) in [7, 11) is 0. The molecule has 130 valence electrons. The number of hydrogen-bond acceptors (Lipinski definition) is 6. The highest BCUT2D eigenvalue weighted by molar-refractivity contribution is 7.10. The van der Waals surface area contributed by atoms with Crippen LogP contribution in [-0.2, 0) is 0 Å². The van der Waals surface area contributed by atoms with E-state index in [1.165, 1.54) is 4.88 Å². The number of carbonyl (C=O) groups is 1. The molecule has 1 N–H and O–H groups in total. The molecular formula is C18H20N4O2S. The Morgan fingerprint density at radius 3 is 3.16 bits per heavy atom. The zero-order valence-corrected chi connectivity index (χ0v) is 15.1. The van der Waals surface area contributed by atoms with Gasteiger partial charge < -0.3 is 14.6 Å². The number of nitrogens with one attached hydrogen (secondary N) is 1. The molecule has 0 unspecified atom stereocenters. The maximum atomic E-state index is 13.1. The van der Waals surface area contributed by atoms with Gasteiger partial charge in [-0.2, -0.15) is 0 Å². The van der Waals surface area contributed by atoms with E-state index in [9.17, 15) is 4.79 Å².